The number of hydrogen-bond donors (Lipinski definition) is 1. The van der Waals surface area contributed by atoms with Gasteiger partial charge in [-0.15, -0.1) is 0 Å². The van der Waals surface area contributed by atoms with E-state index in [4.69, 9.17) is 0 Å². The molecular weight excluding hydrogens is 312 g/mol. The van der Waals surface area contributed by atoms with Gasteiger partial charge in [-0.2, -0.15) is 10.2 Å². The van der Waals surface area contributed by atoms with Gasteiger partial charge in [-0.3, -0.25) is 4.68 Å². The van der Waals surface area contributed by atoms with Crippen LogP contribution in [0.5, 0.6) is 0 Å². The molecule has 24 heavy (non-hydrogen) atoms. The maximum atomic E-state index is 13.0. The fourth-order valence-corrected chi connectivity index (χ4v) is 2.78. The van der Waals surface area contributed by atoms with Crippen molar-refractivity contribution in [3.8, 4) is 5.69 Å². The number of anilines is 1. The molecular formula is C17H19F2N5. The second kappa shape index (κ2) is 6.43. The predicted molar refractivity (Wildman–Crippen MR) is 88.5 cm³/mol. The van der Waals surface area contributed by atoms with Crippen LogP contribution in [-0.2, 0) is 13.6 Å². The van der Waals surface area contributed by atoms with Crippen LogP contribution in [0.25, 0.3) is 5.69 Å². The summed E-state index contributed by atoms with van der Waals surface area (Å²) >= 11 is 0. The Morgan fingerprint density at radius 3 is 2.50 bits per heavy atom. The highest BCUT2D eigenvalue weighted by molar-refractivity contribution is 5.55. The Morgan fingerprint density at radius 2 is 1.83 bits per heavy atom. The van der Waals surface area contributed by atoms with Crippen molar-refractivity contribution in [3.63, 3.8) is 0 Å². The van der Waals surface area contributed by atoms with E-state index >= 15 is 0 Å². The number of para-hydroxylation sites is 1. The zero-order chi connectivity index (χ0) is 17.3. The Kier molecular flexibility index (Phi) is 4.33. The number of aromatic nitrogens is 4. The summed E-state index contributed by atoms with van der Waals surface area (Å²) in [6.45, 7) is 4.12. The van der Waals surface area contributed by atoms with E-state index in [1.54, 1.807) is 13.2 Å². The fourth-order valence-electron chi connectivity index (χ4n) is 2.78. The van der Waals surface area contributed by atoms with Crippen LogP contribution in [0.3, 0.4) is 0 Å². The van der Waals surface area contributed by atoms with Gasteiger partial charge >= 0.3 is 0 Å². The summed E-state index contributed by atoms with van der Waals surface area (Å²) in [7, 11) is 1.64. The lowest BCUT2D eigenvalue weighted by Gasteiger charge is -2.08. The number of nitrogens with zero attached hydrogens (tertiary/aromatic N) is 4. The first kappa shape index (κ1) is 16.2. The number of rotatable bonds is 5. The fraction of sp³-hybridized carbons (Fsp3) is 0.294. The first-order valence-corrected chi connectivity index (χ1v) is 7.63. The zero-order valence-corrected chi connectivity index (χ0v) is 13.8. The number of alkyl halides is 2. The van der Waals surface area contributed by atoms with Gasteiger partial charge in [0.2, 0.25) is 0 Å². The third kappa shape index (κ3) is 3.02. The van der Waals surface area contributed by atoms with Crippen molar-refractivity contribution in [2.75, 3.05) is 5.32 Å². The number of aryl methyl sites for hydroxylation is 2. The van der Waals surface area contributed by atoms with Crippen molar-refractivity contribution in [1.82, 2.24) is 19.6 Å². The molecule has 3 aromatic rings. The van der Waals surface area contributed by atoms with Crippen LogP contribution in [0, 0.1) is 13.8 Å². The molecule has 0 aliphatic heterocycles. The number of benzene rings is 1. The minimum absolute atomic E-state index is 0.184. The van der Waals surface area contributed by atoms with Gasteiger partial charge in [0.1, 0.15) is 5.69 Å². The lowest BCUT2D eigenvalue weighted by Crippen LogP contribution is -2.04. The van der Waals surface area contributed by atoms with Crippen molar-refractivity contribution >= 4 is 5.69 Å². The molecule has 7 heteroatoms. The summed E-state index contributed by atoms with van der Waals surface area (Å²) in [5.41, 5.74) is 3.86. The highest BCUT2D eigenvalue weighted by Gasteiger charge is 2.18. The molecule has 0 spiro atoms. The minimum atomic E-state index is -2.59. The van der Waals surface area contributed by atoms with Crippen molar-refractivity contribution in [2.45, 2.75) is 26.8 Å². The molecule has 2 heterocycles. The topological polar surface area (TPSA) is 47.7 Å². The second-order valence-electron chi connectivity index (χ2n) is 5.66. The van der Waals surface area contributed by atoms with Crippen LogP contribution in [0.1, 0.15) is 29.1 Å². The van der Waals surface area contributed by atoms with Crippen molar-refractivity contribution in [2.24, 2.45) is 7.05 Å². The van der Waals surface area contributed by atoms with Crippen LogP contribution < -0.4 is 5.32 Å². The largest absolute Gasteiger partial charge is 0.378 e. The summed E-state index contributed by atoms with van der Waals surface area (Å²) in [5, 5.41) is 11.6. The lowest BCUT2D eigenvalue weighted by molar-refractivity contribution is 0.144. The SMILES string of the molecule is Cc1nn(-c2ccccc2)c(C)c1NCc1cn(C)nc1C(F)F. The Hall–Kier alpha value is -2.70. The van der Waals surface area contributed by atoms with Crippen LogP contribution in [-0.4, -0.2) is 19.6 Å². The molecule has 0 radical (unpaired) electrons. The molecule has 0 saturated carbocycles. The summed E-state index contributed by atoms with van der Waals surface area (Å²) in [4.78, 5) is 0. The Bertz CT molecular complexity index is 836. The molecule has 0 fully saturated rings. The average Bonchev–Trinajstić information content (AvgIpc) is 3.07. The highest BCUT2D eigenvalue weighted by atomic mass is 19.3. The van der Waals surface area contributed by atoms with Gasteiger partial charge < -0.3 is 5.32 Å². The van der Waals surface area contributed by atoms with E-state index in [1.807, 2.05) is 48.9 Å². The van der Waals surface area contributed by atoms with E-state index in [9.17, 15) is 8.78 Å². The van der Waals surface area contributed by atoms with Gasteiger partial charge in [-0.1, -0.05) is 18.2 Å². The van der Waals surface area contributed by atoms with Gasteiger partial charge in [0.05, 0.1) is 22.8 Å². The molecule has 0 bridgehead atoms. The first-order valence-electron chi connectivity index (χ1n) is 7.63. The van der Waals surface area contributed by atoms with Crippen LogP contribution >= 0.6 is 0 Å². The quantitative estimate of drug-likeness (QED) is 0.774. The van der Waals surface area contributed by atoms with Gasteiger partial charge in [0.25, 0.3) is 6.43 Å². The minimum Gasteiger partial charge on any atom is -0.378 e. The van der Waals surface area contributed by atoms with E-state index in [0.29, 0.717) is 5.56 Å². The summed E-state index contributed by atoms with van der Waals surface area (Å²) < 4.78 is 29.3. The van der Waals surface area contributed by atoms with Gasteiger partial charge in [0, 0.05) is 25.4 Å². The molecule has 126 valence electrons. The standard InChI is InChI=1S/C17H19F2N5/c1-11-15(12(2)24(21-11)14-7-5-4-6-8-14)20-9-13-10-23(3)22-16(13)17(18)19/h4-8,10,17,20H,9H2,1-3H3. The molecule has 0 aliphatic rings. The van der Waals surface area contributed by atoms with E-state index in [2.05, 4.69) is 15.5 Å². The molecule has 5 nitrogen and oxygen atoms in total. The summed E-state index contributed by atoms with van der Waals surface area (Å²) in [6, 6.07) is 9.79. The Morgan fingerprint density at radius 1 is 1.12 bits per heavy atom. The molecule has 1 aromatic carbocycles. The smallest absolute Gasteiger partial charge is 0.282 e. The van der Waals surface area contributed by atoms with E-state index in [0.717, 1.165) is 22.8 Å². The first-order chi connectivity index (χ1) is 11.5. The second-order valence-corrected chi connectivity index (χ2v) is 5.66. The third-order valence-corrected chi connectivity index (χ3v) is 3.89. The van der Waals surface area contributed by atoms with Crippen molar-refractivity contribution in [3.05, 3.63) is 59.2 Å². The molecule has 2 aromatic heterocycles. The predicted octanol–water partition coefficient (Wildman–Crippen LogP) is 3.77. The normalized spacial score (nSPS) is 11.2. The summed E-state index contributed by atoms with van der Waals surface area (Å²) in [5.74, 6) is 0. The number of hydrogen-bond acceptors (Lipinski definition) is 3. The molecule has 0 aliphatic carbocycles. The van der Waals surface area contributed by atoms with E-state index in [-0.39, 0.29) is 12.2 Å². The maximum absolute atomic E-state index is 13.0. The molecule has 3 rings (SSSR count). The molecule has 0 saturated heterocycles. The summed E-state index contributed by atoms with van der Waals surface area (Å²) in [6.07, 6.45) is -0.974. The Balaban J connectivity index is 1.86. The van der Waals surface area contributed by atoms with Crippen LogP contribution in [0.4, 0.5) is 14.5 Å². The highest BCUT2D eigenvalue weighted by Crippen LogP contribution is 2.25. The van der Waals surface area contributed by atoms with Crippen molar-refractivity contribution < 1.29 is 8.78 Å². The molecule has 1 N–H and O–H groups in total. The third-order valence-electron chi connectivity index (χ3n) is 3.89. The van der Waals surface area contributed by atoms with Gasteiger partial charge in [-0.25, -0.2) is 13.5 Å². The number of halogens is 2. The Labute approximate surface area is 138 Å². The van der Waals surface area contributed by atoms with Crippen LogP contribution in [0.15, 0.2) is 36.5 Å². The van der Waals surface area contributed by atoms with E-state index in [1.165, 1.54) is 4.68 Å². The van der Waals surface area contributed by atoms with Gasteiger partial charge in [0.15, 0.2) is 0 Å². The zero-order valence-electron chi connectivity index (χ0n) is 13.8. The van der Waals surface area contributed by atoms with Crippen LogP contribution in [0.2, 0.25) is 0 Å². The van der Waals surface area contributed by atoms with Crippen molar-refractivity contribution in [1.29, 1.82) is 0 Å². The van der Waals surface area contributed by atoms with E-state index < -0.39 is 6.43 Å². The monoisotopic (exact) mass is 331 g/mol. The molecule has 0 amide bonds. The average molecular weight is 331 g/mol. The van der Waals surface area contributed by atoms with Gasteiger partial charge in [-0.05, 0) is 26.0 Å². The lowest BCUT2D eigenvalue weighted by atomic mass is 10.2. The number of nitrogens with one attached hydrogen (secondary N) is 1. The molecule has 0 atom stereocenters. The molecule has 0 unspecified atom stereocenters. The maximum Gasteiger partial charge on any atom is 0.282 e.